The number of aliphatic imine (C=N–C) groups is 1. The number of primary sulfonamides is 1. The largest absolute Gasteiger partial charge is 0.497 e. The Bertz CT molecular complexity index is 898. The van der Waals surface area contributed by atoms with Crippen LogP contribution < -0.4 is 20.5 Å². The highest BCUT2D eigenvalue weighted by atomic mass is 32.2. The average Bonchev–Trinajstić information content (AvgIpc) is 2.75. The number of sulfonamides is 1. The molecule has 164 valence electrons. The van der Waals surface area contributed by atoms with Crippen LogP contribution in [0.4, 0.5) is 0 Å². The number of nitrogens with two attached hydrogens (primary N) is 1. The molecule has 0 amide bonds. The number of nitrogens with one attached hydrogen (secondary N) is 2. The summed E-state index contributed by atoms with van der Waals surface area (Å²) in [5.41, 5.74) is 1.97. The van der Waals surface area contributed by atoms with E-state index in [4.69, 9.17) is 14.6 Å². The van der Waals surface area contributed by atoms with E-state index < -0.39 is 10.0 Å². The van der Waals surface area contributed by atoms with Crippen molar-refractivity contribution in [1.29, 1.82) is 0 Å². The second-order valence-electron chi connectivity index (χ2n) is 6.53. The lowest BCUT2D eigenvalue weighted by Crippen LogP contribution is -2.37. The number of rotatable bonds is 11. The molecule has 8 nitrogen and oxygen atoms in total. The fourth-order valence-electron chi connectivity index (χ4n) is 2.58. The first-order chi connectivity index (χ1) is 14.4. The number of hydrogen-bond acceptors (Lipinski definition) is 5. The summed E-state index contributed by atoms with van der Waals surface area (Å²) in [5.74, 6) is 1.47. The molecule has 0 spiro atoms. The first-order valence-corrected chi connectivity index (χ1v) is 11.3. The Morgan fingerprint density at radius 3 is 2.30 bits per heavy atom. The van der Waals surface area contributed by atoms with Gasteiger partial charge in [0.2, 0.25) is 10.0 Å². The van der Waals surface area contributed by atoms with Gasteiger partial charge in [0.15, 0.2) is 5.96 Å². The van der Waals surface area contributed by atoms with Crippen LogP contribution in [0, 0.1) is 0 Å². The molecule has 2 rings (SSSR count). The molecule has 0 aliphatic carbocycles. The van der Waals surface area contributed by atoms with Gasteiger partial charge in [-0.15, -0.1) is 0 Å². The predicted octanol–water partition coefficient (Wildman–Crippen LogP) is 2.00. The summed E-state index contributed by atoms with van der Waals surface area (Å²) >= 11 is 0. The molecular weight excluding hydrogens is 404 g/mol. The van der Waals surface area contributed by atoms with Crippen LogP contribution in [-0.4, -0.2) is 41.2 Å². The number of guanidine groups is 1. The van der Waals surface area contributed by atoms with Gasteiger partial charge in [0.1, 0.15) is 5.75 Å². The molecule has 0 saturated carbocycles. The summed E-state index contributed by atoms with van der Waals surface area (Å²) in [6.07, 6.45) is 0.861. The minimum Gasteiger partial charge on any atom is -0.497 e. The van der Waals surface area contributed by atoms with Crippen LogP contribution in [0.2, 0.25) is 0 Å². The molecule has 0 bridgehead atoms. The quantitative estimate of drug-likeness (QED) is 0.283. The van der Waals surface area contributed by atoms with Gasteiger partial charge in [-0.05, 0) is 48.7 Å². The van der Waals surface area contributed by atoms with E-state index in [-0.39, 0.29) is 4.90 Å². The average molecular weight is 435 g/mol. The predicted molar refractivity (Wildman–Crippen MR) is 118 cm³/mol. The molecule has 9 heteroatoms. The van der Waals surface area contributed by atoms with Crippen molar-refractivity contribution in [3.8, 4) is 5.75 Å². The summed E-state index contributed by atoms with van der Waals surface area (Å²) < 4.78 is 33.3. The van der Waals surface area contributed by atoms with Gasteiger partial charge in [-0.2, -0.15) is 0 Å². The normalized spacial score (nSPS) is 11.9. The molecule has 0 unspecified atom stereocenters. The van der Waals surface area contributed by atoms with E-state index in [0.717, 1.165) is 29.8 Å². The molecule has 30 heavy (non-hydrogen) atoms. The third-order valence-corrected chi connectivity index (χ3v) is 5.18. The summed E-state index contributed by atoms with van der Waals surface area (Å²) in [4.78, 5) is 4.73. The van der Waals surface area contributed by atoms with Crippen molar-refractivity contribution in [2.45, 2.75) is 31.3 Å². The van der Waals surface area contributed by atoms with Crippen molar-refractivity contribution in [1.82, 2.24) is 10.6 Å². The molecule has 0 aromatic heterocycles. The maximum absolute atomic E-state index is 11.4. The topological polar surface area (TPSA) is 115 Å². The zero-order chi connectivity index (χ0) is 21.8. The summed E-state index contributed by atoms with van der Waals surface area (Å²) in [6.45, 7) is 5.08. The lowest BCUT2D eigenvalue weighted by Gasteiger charge is -2.13. The van der Waals surface area contributed by atoms with E-state index in [2.05, 4.69) is 15.6 Å². The zero-order valence-electron chi connectivity index (χ0n) is 17.4. The van der Waals surface area contributed by atoms with Gasteiger partial charge in [0, 0.05) is 26.3 Å². The molecule has 2 aromatic rings. The van der Waals surface area contributed by atoms with Gasteiger partial charge in [-0.3, -0.25) is 0 Å². The molecule has 0 aliphatic rings. The molecule has 0 heterocycles. The number of hydrogen-bond donors (Lipinski definition) is 3. The van der Waals surface area contributed by atoms with Gasteiger partial charge in [-0.25, -0.2) is 18.5 Å². The second-order valence-corrected chi connectivity index (χ2v) is 8.09. The fraction of sp³-hybridized carbons (Fsp3) is 0.381. The Balaban J connectivity index is 1.98. The molecule has 0 atom stereocenters. The first-order valence-electron chi connectivity index (χ1n) is 9.77. The second kappa shape index (κ2) is 12.2. The van der Waals surface area contributed by atoms with Crippen molar-refractivity contribution in [2.24, 2.45) is 10.1 Å². The van der Waals surface area contributed by atoms with Gasteiger partial charge >= 0.3 is 0 Å². The molecule has 0 aliphatic heterocycles. The highest BCUT2D eigenvalue weighted by molar-refractivity contribution is 7.89. The van der Waals surface area contributed by atoms with Crippen LogP contribution in [0.3, 0.4) is 0 Å². The highest BCUT2D eigenvalue weighted by Crippen LogP contribution is 2.12. The van der Waals surface area contributed by atoms with Crippen molar-refractivity contribution in [2.75, 3.05) is 26.9 Å². The van der Waals surface area contributed by atoms with E-state index in [9.17, 15) is 8.42 Å². The SMILES string of the molecule is CCOCCCNC(=NCc1ccc(OC)cc1)NCc1ccc(S(N)(=O)=O)cc1. The number of nitrogens with zero attached hydrogens (tertiary/aromatic N) is 1. The molecule has 0 saturated heterocycles. The van der Waals surface area contributed by atoms with E-state index in [1.54, 1.807) is 19.2 Å². The lowest BCUT2D eigenvalue weighted by atomic mass is 10.2. The van der Waals surface area contributed by atoms with Crippen molar-refractivity contribution < 1.29 is 17.9 Å². The maximum atomic E-state index is 11.4. The Morgan fingerprint density at radius 1 is 1.03 bits per heavy atom. The summed E-state index contributed by atoms with van der Waals surface area (Å²) in [5, 5.41) is 11.7. The lowest BCUT2D eigenvalue weighted by molar-refractivity contribution is 0.145. The van der Waals surface area contributed by atoms with E-state index >= 15 is 0 Å². The number of benzene rings is 2. The van der Waals surface area contributed by atoms with Crippen molar-refractivity contribution in [3.63, 3.8) is 0 Å². The zero-order valence-corrected chi connectivity index (χ0v) is 18.2. The molecule has 4 N–H and O–H groups in total. The van der Waals surface area contributed by atoms with Crippen LogP contribution in [0.15, 0.2) is 58.4 Å². The molecular formula is C21H30N4O4S. The maximum Gasteiger partial charge on any atom is 0.238 e. The molecule has 2 aromatic carbocycles. The van der Waals surface area contributed by atoms with Crippen LogP contribution in [-0.2, 0) is 27.8 Å². The van der Waals surface area contributed by atoms with Gasteiger partial charge in [0.05, 0.1) is 18.6 Å². The highest BCUT2D eigenvalue weighted by Gasteiger charge is 2.07. The van der Waals surface area contributed by atoms with E-state index in [1.165, 1.54) is 12.1 Å². The van der Waals surface area contributed by atoms with Gasteiger partial charge < -0.3 is 20.1 Å². The Hall–Kier alpha value is -2.62. The van der Waals surface area contributed by atoms with Crippen LogP contribution in [0.1, 0.15) is 24.5 Å². The molecule has 0 fully saturated rings. The van der Waals surface area contributed by atoms with Crippen molar-refractivity contribution >= 4 is 16.0 Å². The number of methoxy groups -OCH3 is 1. The smallest absolute Gasteiger partial charge is 0.238 e. The first kappa shape index (κ1) is 23.7. The van der Waals surface area contributed by atoms with E-state index in [1.807, 2.05) is 31.2 Å². The van der Waals surface area contributed by atoms with Crippen LogP contribution >= 0.6 is 0 Å². The fourth-order valence-corrected chi connectivity index (χ4v) is 3.10. The summed E-state index contributed by atoms with van der Waals surface area (Å²) in [7, 11) is -2.06. The van der Waals surface area contributed by atoms with Crippen molar-refractivity contribution in [3.05, 3.63) is 59.7 Å². The Kier molecular flexibility index (Phi) is 9.59. The van der Waals surface area contributed by atoms with E-state index in [0.29, 0.717) is 32.3 Å². The third-order valence-electron chi connectivity index (χ3n) is 4.25. The Labute approximate surface area is 178 Å². The van der Waals surface area contributed by atoms with Crippen LogP contribution in [0.5, 0.6) is 5.75 Å². The Morgan fingerprint density at radius 2 is 1.70 bits per heavy atom. The van der Waals surface area contributed by atoms with Gasteiger partial charge in [0.25, 0.3) is 0 Å². The van der Waals surface area contributed by atoms with Crippen LogP contribution in [0.25, 0.3) is 0 Å². The minimum atomic E-state index is -3.69. The number of ether oxygens (including phenoxy) is 2. The van der Waals surface area contributed by atoms with Gasteiger partial charge in [-0.1, -0.05) is 24.3 Å². The minimum absolute atomic E-state index is 0.0914. The summed E-state index contributed by atoms with van der Waals surface area (Å²) in [6, 6.07) is 14.2. The molecule has 0 radical (unpaired) electrons. The third kappa shape index (κ3) is 8.40. The monoisotopic (exact) mass is 434 g/mol. The standard InChI is InChI=1S/C21H30N4O4S/c1-3-29-14-4-13-23-21(24-15-17-5-9-19(28-2)10-6-17)25-16-18-7-11-20(12-8-18)30(22,26)27/h5-12H,3-4,13-16H2,1-2H3,(H2,22,26,27)(H2,23,24,25).